The molecule has 0 bridgehead atoms. The van der Waals surface area contributed by atoms with Gasteiger partial charge in [-0.1, -0.05) is 0 Å². The van der Waals surface area contributed by atoms with Crippen LogP contribution in [-0.2, 0) is 14.8 Å². The van der Waals surface area contributed by atoms with Crippen molar-refractivity contribution in [3.63, 3.8) is 0 Å². The molecular formula is C11H21N3O3S. The fourth-order valence-electron chi connectivity index (χ4n) is 2.20. The lowest BCUT2D eigenvalue weighted by atomic mass is 10.3. The Kier molecular flexibility index (Phi) is 4.24. The van der Waals surface area contributed by atoms with Gasteiger partial charge in [0.25, 0.3) is 0 Å². The minimum atomic E-state index is -3.18. The normalized spacial score (nSPS) is 24.5. The second-order valence-electron chi connectivity index (χ2n) is 5.29. The summed E-state index contributed by atoms with van der Waals surface area (Å²) in [6.45, 7) is 2.40. The molecule has 1 atom stereocenters. The maximum absolute atomic E-state index is 11.8. The highest BCUT2D eigenvalue weighted by Gasteiger charge is 2.28. The maximum atomic E-state index is 11.8. The van der Waals surface area contributed by atoms with E-state index in [0.717, 1.165) is 18.7 Å². The number of nitrogens with one attached hydrogen (secondary N) is 2. The summed E-state index contributed by atoms with van der Waals surface area (Å²) in [7, 11) is -3.18. The number of carbonyl (C=O) groups is 1. The van der Waals surface area contributed by atoms with Gasteiger partial charge in [-0.05, 0) is 31.7 Å². The zero-order valence-electron chi connectivity index (χ0n) is 10.7. The minimum Gasteiger partial charge on any atom is -0.340 e. The second-order valence-corrected chi connectivity index (χ2v) is 7.07. The molecular weight excluding hydrogens is 254 g/mol. The van der Waals surface area contributed by atoms with E-state index in [1.807, 2.05) is 0 Å². The van der Waals surface area contributed by atoms with Gasteiger partial charge in [0.2, 0.25) is 15.9 Å². The Hall–Kier alpha value is -0.660. The number of rotatable bonds is 6. The summed E-state index contributed by atoms with van der Waals surface area (Å²) < 4.78 is 24.7. The van der Waals surface area contributed by atoms with Crippen molar-refractivity contribution in [2.45, 2.75) is 25.3 Å². The zero-order chi connectivity index (χ0) is 13.2. The van der Waals surface area contributed by atoms with Gasteiger partial charge in [0.15, 0.2) is 0 Å². The predicted molar refractivity (Wildman–Crippen MR) is 68.6 cm³/mol. The molecule has 0 aromatic carbocycles. The molecule has 1 heterocycles. The maximum Gasteiger partial charge on any atom is 0.236 e. The van der Waals surface area contributed by atoms with Crippen LogP contribution in [0.4, 0.5) is 0 Å². The highest BCUT2D eigenvalue weighted by atomic mass is 32.2. The lowest BCUT2D eigenvalue weighted by Gasteiger charge is -2.17. The van der Waals surface area contributed by atoms with E-state index in [-0.39, 0.29) is 11.9 Å². The first-order chi connectivity index (χ1) is 8.44. The summed E-state index contributed by atoms with van der Waals surface area (Å²) in [5, 5.41) is 3.16. The molecule has 1 saturated carbocycles. The van der Waals surface area contributed by atoms with E-state index in [1.165, 1.54) is 12.8 Å². The van der Waals surface area contributed by atoms with Crippen LogP contribution in [-0.4, -0.2) is 57.7 Å². The Balaban J connectivity index is 1.68. The van der Waals surface area contributed by atoms with Gasteiger partial charge in [0.1, 0.15) is 0 Å². The van der Waals surface area contributed by atoms with Gasteiger partial charge in [-0.15, -0.1) is 0 Å². The van der Waals surface area contributed by atoms with Crippen molar-refractivity contribution < 1.29 is 13.2 Å². The number of hydrogen-bond donors (Lipinski definition) is 2. The first-order valence-electron chi connectivity index (χ1n) is 6.40. The molecule has 18 heavy (non-hydrogen) atoms. The molecule has 7 heteroatoms. The van der Waals surface area contributed by atoms with E-state index in [2.05, 4.69) is 10.0 Å². The SMILES string of the molecule is CS(=O)(=O)NC1CCN(C(=O)CNCC2CC2)C1. The van der Waals surface area contributed by atoms with Crippen molar-refractivity contribution in [2.75, 3.05) is 32.4 Å². The summed E-state index contributed by atoms with van der Waals surface area (Å²) in [6.07, 6.45) is 4.38. The molecule has 0 spiro atoms. The van der Waals surface area contributed by atoms with Gasteiger partial charge in [0, 0.05) is 19.1 Å². The average molecular weight is 275 g/mol. The Morgan fingerprint density at radius 1 is 1.33 bits per heavy atom. The van der Waals surface area contributed by atoms with Crippen molar-refractivity contribution in [3.8, 4) is 0 Å². The van der Waals surface area contributed by atoms with E-state index < -0.39 is 10.0 Å². The smallest absolute Gasteiger partial charge is 0.236 e. The molecule has 1 aliphatic carbocycles. The molecule has 6 nitrogen and oxygen atoms in total. The quantitative estimate of drug-likeness (QED) is 0.661. The van der Waals surface area contributed by atoms with E-state index in [1.54, 1.807) is 4.90 Å². The highest BCUT2D eigenvalue weighted by molar-refractivity contribution is 7.88. The molecule has 2 fully saturated rings. The van der Waals surface area contributed by atoms with Crippen molar-refractivity contribution in [2.24, 2.45) is 5.92 Å². The Bertz CT molecular complexity index is 406. The number of likely N-dealkylation sites (tertiary alicyclic amines) is 1. The van der Waals surface area contributed by atoms with Crippen LogP contribution < -0.4 is 10.0 Å². The third-order valence-electron chi connectivity index (χ3n) is 3.33. The van der Waals surface area contributed by atoms with Crippen molar-refractivity contribution in [3.05, 3.63) is 0 Å². The van der Waals surface area contributed by atoms with E-state index in [4.69, 9.17) is 0 Å². The topological polar surface area (TPSA) is 78.5 Å². The molecule has 0 aromatic rings. The molecule has 0 radical (unpaired) electrons. The first-order valence-corrected chi connectivity index (χ1v) is 8.29. The molecule has 1 saturated heterocycles. The standard InChI is InChI=1S/C11H21N3O3S/c1-18(16,17)13-10-4-5-14(8-10)11(15)7-12-6-9-2-3-9/h9-10,12-13H,2-8H2,1H3. The molecule has 2 N–H and O–H groups in total. The van der Waals surface area contributed by atoms with Crippen LogP contribution in [0.3, 0.4) is 0 Å². The molecule has 1 amide bonds. The fourth-order valence-corrected chi connectivity index (χ4v) is 3.00. The van der Waals surface area contributed by atoms with Crippen molar-refractivity contribution in [1.82, 2.24) is 14.9 Å². The van der Waals surface area contributed by atoms with Crippen molar-refractivity contribution >= 4 is 15.9 Å². The summed E-state index contributed by atoms with van der Waals surface area (Å²) in [6, 6.07) is -0.132. The number of hydrogen-bond acceptors (Lipinski definition) is 4. The third kappa shape index (κ3) is 4.55. The molecule has 0 aromatic heterocycles. The van der Waals surface area contributed by atoms with Crippen molar-refractivity contribution in [1.29, 1.82) is 0 Å². The number of sulfonamides is 1. The Morgan fingerprint density at radius 3 is 2.67 bits per heavy atom. The molecule has 104 valence electrons. The van der Waals surface area contributed by atoms with Gasteiger partial charge >= 0.3 is 0 Å². The Morgan fingerprint density at radius 2 is 2.06 bits per heavy atom. The van der Waals surface area contributed by atoms with Gasteiger partial charge < -0.3 is 10.2 Å². The lowest BCUT2D eigenvalue weighted by molar-refractivity contribution is -0.129. The second kappa shape index (κ2) is 5.54. The first kappa shape index (κ1) is 13.8. The summed E-state index contributed by atoms with van der Waals surface area (Å²) in [4.78, 5) is 13.6. The van der Waals surface area contributed by atoms with Crippen LogP contribution in [0.1, 0.15) is 19.3 Å². The number of nitrogens with zero attached hydrogens (tertiary/aromatic N) is 1. The van der Waals surface area contributed by atoms with Crippen LogP contribution in [0.2, 0.25) is 0 Å². The molecule has 1 unspecified atom stereocenters. The van der Waals surface area contributed by atoms with Gasteiger partial charge in [0.05, 0.1) is 12.8 Å². The van der Waals surface area contributed by atoms with E-state index in [9.17, 15) is 13.2 Å². The Labute approximate surface area is 108 Å². The van der Waals surface area contributed by atoms with Crippen LogP contribution >= 0.6 is 0 Å². The molecule has 1 aliphatic heterocycles. The van der Waals surface area contributed by atoms with E-state index >= 15 is 0 Å². The monoisotopic (exact) mass is 275 g/mol. The van der Waals surface area contributed by atoms with Gasteiger partial charge in [-0.2, -0.15) is 0 Å². The summed E-state index contributed by atoms with van der Waals surface area (Å²) in [5.74, 6) is 0.824. The third-order valence-corrected chi connectivity index (χ3v) is 4.09. The van der Waals surface area contributed by atoms with Gasteiger partial charge in [-0.3, -0.25) is 4.79 Å². The summed E-state index contributed by atoms with van der Waals surface area (Å²) in [5.41, 5.74) is 0. The zero-order valence-corrected chi connectivity index (χ0v) is 11.5. The van der Waals surface area contributed by atoms with Crippen LogP contribution in [0.15, 0.2) is 0 Å². The molecule has 2 aliphatic rings. The number of amides is 1. The average Bonchev–Trinajstić information content (AvgIpc) is 2.95. The summed E-state index contributed by atoms with van der Waals surface area (Å²) >= 11 is 0. The lowest BCUT2D eigenvalue weighted by Crippen LogP contribution is -2.41. The predicted octanol–water partition coefficient (Wildman–Crippen LogP) is -0.864. The largest absolute Gasteiger partial charge is 0.340 e. The molecule has 2 rings (SSSR count). The van der Waals surface area contributed by atoms with Crippen LogP contribution in [0.25, 0.3) is 0 Å². The van der Waals surface area contributed by atoms with Crippen LogP contribution in [0, 0.1) is 5.92 Å². The fraction of sp³-hybridized carbons (Fsp3) is 0.909. The van der Waals surface area contributed by atoms with Gasteiger partial charge in [-0.25, -0.2) is 13.1 Å². The number of carbonyl (C=O) groups excluding carboxylic acids is 1. The van der Waals surface area contributed by atoms with Crippen LogP contribution in [0.5, 0.6) is 0 Å². The highest BCUT2D eigenvalue weighted by Crippen LogP contribution is 2.27. The van der Waals surface area contributed by atoms with E-state index in [0.29, 0.717) is 26.1 Å². The minimum absolute atomic E-state index is 0.0634.